The highest BCUT2D eigenvalue weighted by Gasteiger charge is 2.37. The van der Waals surface area contributed by atoms with Crippen LogP contribution in [-0.4, -0.2) is 30.0 Å². The minimum atomic E-state index is -4.26. The Labute approximate surface area is 96.1 Å². The molecule has 0 amide bonds. The first kappa shape index (κ1) is 11.9. The second-order valence-electron chi connectivity index (χ2n) is 4.21. The van der Waals surface area contributed by atoms with Gasteiger partial charge in [0.2, 0.25) is 0 Å². The van der Waals surface area contributed by atoms with E-state index in [0.29, 0.717) is 5.01 Å². The minimum Gasteiger partial charge on any atom is -0.306 e. The Morgan fingerprint density at radius 2 is 2.12 bits per heavy atom. The van der Waals surface area contributed by atoms with Gasteiger partial charge in [-0.25, -0.2) is 4.98 Å². The van der Waals surface area contributed by atoms with Gasteiger partial charge in [-0.1, -0.05) is 0 Å². The molecule has 0 radical (unpaired) electrons. The number of rotatable bonds is 1. The molecule has 1 aliphatic rings. The summed E-state index contributed by atoms with van der Waals surface area (Å²) in [7, 11) is 1.98. The number of hydrogen-bond donors (Lipinski definition) is 0. The van der Waals surface area contributed by atoms with Crippen molar-refractivity contribution >= 4 is 11.3 Å². The van der Waals surface area contributed by atoms with E-state index in [1.54, 1.807) is 0 Å². The van der Waals surface area contributed by atoms with E-state index in [0.717, 1.165) is 30.8 Å². The quantitative estimate of drug-likeness (QED) is 0.762. The van der Waals surface area contributed by atoms with Crippen molar-refractivity contribution in [2.75, 3.05) is 20.1 Å². The maximum Gasteiger partial charge on any atom is 0.427 e. The highest BCUT2D eigenvalue weighted by atomic mass is 32.1. The maximum absolute atomic E-state index is 12.6. The molecule has 0 bridgehead atoms. The summed E-state index contributed by atoms with van der Waals surface area (Å²) < 4.78 is 37.8. The van der Waals surface area contributed by atoms with Crippen molar-refractivity contribution in [3.8, 4) is 0 Å². The maximum atomic E-state index is 12.6. The Balaban J connectivity index is 2.24. The van der Waals surface area contributed by atoms with Gasteiger partial charge in [0.25, 0.3) is 0 Å². The second kappa shape index (κ2) is 4.00. The first-order valence-corrected chi connectivity index (χ1v) is 5.92. The molecular weight excluding hydrogens is 237 g/mol. The lowest BCUT2D eigenvalue weighted by Gasteiger charge is -2.06. The largest absolute Gasteiger partial charge is 0.427 e. The average Bonchev–Trinajstić information content (AvgIpc) is 2.70. The van der Waals surface area contributed by atoms with E-state index in [1.807, 2.05) is 7.05 Å². The summed E-state index contributed by atoms with van der Waals surface area (Å²) in [5, 5.41) is 0.633. The van der Waals surface area contributed by atoms with Crippen LogP contribution in [0.25, 0.3) is 0 Å². The monoisotopic (exact) mass is 250 g/mol. The number of likely N-dealkylation sites (tertiary alicyclic amines) is 1. The average molecular weight is 250 g/mol. The number of likely N-dealkylation sites (N-methyl/N-ethyl adjacent to an activating group) is 1. The Hall–Kier alpha value is -0.620. The van der Waals surface area contributed by atoms with Crippen LogP contribution in [0.4, 0.5) is 13.2 Å². The van der Waals surface area contributed by atoms with Crippen molar-refractivity contribution in [3.05, 3.63) is 15.6 Å². The van der Waals surface area contributed by atoms with Crippen molar-refractivity contribution in [2.24, 2.45) is 0 Å². The molecule has 1 aromatic rings. The molecule has 1 aromatic heterocycles. The fraction of sp³-hybridized carbons (Fsp3) is 0.700. The third kappa shape index (κ3) is 2.22. The van der Waals surface area contributed by atoms with E-state index in [4.69, 9.17) is 0 Å². The number of aryl methyl sites for hydroxylation is 1. The molecular formula is C10H13F3N2S. The van der Waals surface area contributed by atoms with E-state index in [2.05, 4.69) is 9.88 Å². The molecule has 1 aliphatic heterocycles. The van der Waals surface area contributed by atoms with Crippen LogP contribution in [0.3, 0.4) is 0 Å². The Bertz CT molecular complexity index is 386. The highest BCUT2D eigenvalue weighted by Crippen LogP contribution is 2.39. The Morgan fingerprint density at radius 1 is 1.44 bits per heavy atom. The van der Waals surface area contributed by atoms with Gasteiger partial charge < -0.3 is 4.90 Å². The lowest BCUT2D eigenvalue weighted by molar-refractivity contribution is -0.134. The molecule has 0 aliphatic carbocycles. The fourth-order valence-corrected chi connectivity index (χ4v) is 3.05. The van der Waals surface area contributed by atoms with Crippen molar-refractivity contribution in [2.45, 2.75) is 25.4 Å². The van der Waals surface area contributed by atoms with Gasteiger partial charge in [-0.3, -0.25) is 0 Å². The first-order chi connectivity index (χ1) is 7.38. The van der Waals surface area contributed by atoms with Crippen LogP contribution in [0.5, 0.6) is 0 Å². The standard InChI is InChI=1S/C10H13F3N2S/c1-6-8(10(11,12)13)16-9(14-6)7-3-4-15(2)5-7/h7H,3-5H2,1-2H3. The summed E-state index contributed by atoms with van der Waals surface area (Å²) in [4.78, 5) is 5.64. The molecule has 1 atom stereocenters. The summed E-state index contributed by atoms with van der Waals surface area (Å²) in [6.07, 6.45) is -3.36. The molecule has 2 nitrogen and oxygen atoms in total. The molecule has 0 N–H and O–H groups in total. The summed E-state index contributed by atoms with van der Waals surface area (Å²) in [5.74, 6) is 0.171. The zero-order valence-corrected chi connectivity index (χ0v) is 9.95. The van der Waals surface area contributed by atoms with Gasteiger partial charge in [0.15, 0.2) is 0 Å². The van der Waals surface area contributed by atoms with Gasteiger partial charge in [0.05, 0.1) is 10.7 Å². The second-order valence-corrected chi connectivity index (χ2v) is 5.24. The third-order valence-electron chi connectivity index (χ3n) is 2.81. The molecule has 0 spiro atoms. The number of thiazole rings is 1. The van der Waals surface area contributed by atoms with E-state index < -0.39 is 11.1 Å². The lowest BCUT2D eigenvalue weighted by Crippen LogP contribution is -2.13. The predicted molar refractivity (Wildman–Crippen MR) is 56.7 cm³/mol. The van der Waals surface area contributed by atoms with E-state index in [1.165, 1.54) is 6.92 Å². The third-order valence-corrected chi connectivity index (χ3v) is 4.18. The van der Waals surface area contributed by atoms with Gasteiger partial charge in [-0.15, -0.1) is 11.3 Å². The molecule has 1 saturated heterocycles. The number of aromatic nitrogens is 1. The number of hydrogen-bond acceptors (Lipinski definition) is 3. The number of alkyl halides is 3. The van der Waals surface area contributed by atoms with Crippen LogP contribution in [-0.2, 0) is 6.18 Å². The van der Waals surface area contributed by atoms with E-state index in [-0.39, 0.29) is 11.6 Å². The molecule has 0 aromatic carbocycles. The molecule has 6 heteroatoms. The van der Waals surface area contributed by atoms with Crippen LogP contribution in [0, 0.1) is 6.92 Å². The lowest BCUT2D eigenvalue weighted by atomic mass is 10.1. The van der Waals surface area contributed by atoms with Crippen LogP contribution in [0.1, 0.15) is 27.9 Å². The first-order valence-electron chi connectivity index (χ1n) is 5.11. The highest BCUT2D eigenvalue weighted by molar-refractivity contribution is 7.12. The summed E-state index contributed by atoms with van der Waals surface area (Å²) in [6, 6.07) is 0. The van der Waals surface area contributed by atoms with Crippen molar-refractivity contribution in [1.82, 2.24) is 9.88 Å². The van der Waals surface area contributed by atoms with Gasteiger partial charge in [0, 0.05) is 12.5 Å². The topological polar surface area (TPSA) is 16.1 Å². The summed E-state index contributed by atoms with van der Waals surface area (Å²) >= 11 is 0.803. The van der Waals surface area contributed by atoms with Crippen LogP contribution in [0.15, 0.2) is 0 Å². The van der Waals surface area contributed by atoms with Crippen LogP contribution < -0.4 is 0 Å². The minimum absolute atomic E-state index is 0.113. The molecule has 2 heterocycles. The van der Waals surface area contributed by atoms with Crippen LogP contribution >= 0.6 is 11.3 Å². The molecule has 1 fully saturated rings. The fourth-order valence-electron chi connectivity index (χ4n) is 1.99. The normalized spacial score (nSPS) is 22.9. The Morgan fingerprint density at radius 3 is 2.56 bits per heavy atom. The Kier molecular flexibility index (Phi) is 2.96. The van der Waals surface area contributed by atoms with E-state index in [9.17, 15) is 13.2 Å². The smallest absolute Gasteiger partial charge is 0.306 e. The van der Waals surface area contributed by atoms with Gasteiger partial charge in [-0.2, -0.15) is 13.2 Å². The zero-order valence-electron chi connectivity index (χ0n) is 9.14. The molecule has 90 valence electrons. The number of halogens is 3. The zero-order chi connectivity index (χ0) is 11.9. The summed E-state index contributed by atoms with van der Waals surface area (Å²) in [6.45, 7) is 3.18. The molecule has 16 heavy (non-hydrogen) atoms. The molecule has 1 unspecified atom stereocenters. The van der Waals surface area contributed by atoms with Crippen molar-refractivity contribution < 1.29 is 13.2 Å². The SMILES string of the molecule is Cc1nc(C2CCN(C)C2)sc1C(F)(F)F. The number of nitrogens with zero attached hydrogens (tertiary/aromatic N) is 2. The van der Waals surface area contributed by atoms with Crippen molar-refractivity contribution in [1.29, 1.82) is 0 Å². The predicted octanol–water partition coefficient (Wildman–Crippen LogP) is 2.89. The van der Waals surface area contributed by atoms with E-state index >= 15 is 0 Å². The van der Waals surface area contributed by atoms with Gasteiger partial charge in [-0.05, 0) is 26.9 Å². The summed E-state index contributed by atoms with van der Waals surface area (Å²) in [5.41, 5.74) is 0.113. The van der Waals surface area contributed by atoms with Crippen LogP contribution in [0.2, 0.25) is 0 Å². The molecule has 2 rings (SSSR count). The van der Waals surface area contributed by atoms with Gasteiger partial charge >= 0.3 is 6.18 Å². The van der Waals surface area contributed by atoms with Gasteiger partial charge in [0.1, 0.15) is 4.88 Å². The van der Waals surface area contributed by atoms with Crippen molar-refractivity contribution in [3.63, 3.8) is 0 Å². The molecule has 0 saturated carbocycles.